The highest BCUT2D eigenvalue weighted by molar-refractivity contribution is 5.50. The standard InChI is InChI=1S/C19H30FN3/c1-15-5-3-4-6-18(15)21-14-16-7-8-17(20)19(13-16)23-11-9-22(2)10-12-23/h7-8,13,15,18,21H,3-6,9-12,14H2,1-2H3. The van der Waals surface area contributed by atoms with Crippen molar-refractivity contribution in [2.24, 2.45) is 5.92 Å². The molecule has 0 radical (unpaired) electrons. The Labute approximate surface area is 139 Å². The molecule has 4 heteroatoms. The number of likely N-dealkylation sites (N-methyl/N-ethyl adjacent to an activating group) is 1. The van der Waals surface area contributed by atoms with Gasteiger partial charge in [-0.15, -0.1) is 0 Å². The lowest BCUT2D eigenvalue weighted by molar-refractivity contribution is 0.279. The van der Waals surface area contributed by atoms with Gasteiger partial charge >= 0.3 is 0 Å². The normalized spacial score (nSPS) is 26.5. The van der Waals surface area contributed by atoms with Crippen LogP contribution in [-0.4, -0.2) is 44.2 Å². The zero-order valence-corrected chi connectivity index (χ0v) is 14.5. The highest BCUT2D eigenvalue weighted by atomic mass is 19.1. The van der Waals surface area contributed by atoms with Crippen molar-refractivity contribution in [3.8, 4) is 0 Å². The summed E-state index contributed by atoms with van der Waals surface area (Å²) >= 11 is 0. The number of halogens is 1. The van der Waals surface area contributed by atoms with Gasteiger partial charge in [0.1, 0.15) is 5.82 Å². The van der Waals surface area contributed by atoms with Gasteiger partial charge in [-0.3, -0.25) is 0 Å². The number of rotatable bonds is 4. The van der Waals surface area contributed by atoms with E-state index < -0.39 is 0 Å². The van der Waals surface area contributed by atoms with Gasteiger partial charge in [-0.2, -0.15) is 0 Å². The second kappa shape index (κ2) is 7.63. The Morgan fingerprint density at radius 2 is 1.87 bits per heavy atom. The van der Waals surface area contributed by atoms with Crippen molar-refractivity contribution in [2.75, 3.05) is 38.1 Å². The molecule has 0 spiro atoms. The Bertz CT molecular complexity index is 511. The molecule has 1 aromatic rings. The Morgan fingerprint density at radius 3 is 2.61 bits per heavy atom. The van der Waals surface area contributed by atoms with E-state index in [0.717, 1.165) is 44.3 Å². The van der Waals surface area contributed by atoms with E-state index in [-0.39, 0.29) is 5.82 Å². The molecule has 2 fully saturated rings. The molecule has 2 atom stereocenters. The molecule has 3 rings (SSSR count). The Morgan fingerprint density at radius 1 is 1.13 bits per heavy atom. The summed E-state index contributed by atoms with van der Waals surface area (Å²) in [7, 11) is 2.12. The van der Waals surface area contributed by atoms with E-state index in [4.69, 9.17) is 0 Å². The maximum atomic E-state index is 14.2. The van der Waals surface area contributed by atoms with Crippen LogP contribution in [0.25, 0.3) is 0 Å². The smallest absolute Gasteiger partial charge is 0.146 e. The summed E-state index contributed by atoms with van der Waals surface area (Å²) in [5.74, 6) is 0.658. The number of hydrogen-bond acceptors (Lipinski definition) is 3. The molecule has 1 N–H and O–H groups in total. The second-order valence-corrected chi connectivity index (χ2v) is 7.33. The van der Waals surface area contributed by atoms with E-state index in [0.29, 0.717) is 6.04 Å². The first-order valence-corrected chi connectivity index (χ1v) is 9.09. The number of anilines is 1. The van der Waals surface area contributed by atoms with Crippen LogP contribution in [0, 0.1) is 11.7 Å². The third-order valence-corrected chi connectivity index (χ3v) is 5.53. The van der Waals surface area contributed by atoms with Gasteiger partial charge in [0.15, 0.2) is 0 Å². The monoisotopic (exact) mass is 319 g/mol. The summed E-state index contributed by atoms with van der Waals surface area (Å²) in [4.78, 5) is 4.48. The van der Waals surface area contributed by atoms with Crippen LogP contribution < -0.4 is 10.2 Å². The highest BCUT2D eigenvalue weighted by Crippen LogP contribution is 2.25. The Hall–Kier alpha value is -1.13. The summed E-state index contributed by atoms with van der Waals surface area (Å²) < 4.78 is 14.2. The molecule has 0 amide bonds. The van der Waals surface area contributed by atoms with E-state index >= 15 is 0 Å². The van der Waals surface area contributed by atoms with Gasteiger partial charge < -0.3 is 15.1 Å². The topological polar surface area (TPSA) is 18.5 Å². The second-order valence-electron chi connectivity index (χ2n) is 7.33. The van der Waals surface area contributed by atoms with Crippen LogP contribution in [0.15, 0.2) is 18.2 Å². The SMILES string of the molecule is CC1CCCCC1NCc1ccc(F)c(N2CCN(C)CC2)c1. The quantitative estimate of drug-likeness (QED) is 0.919. The van der Waals surface area contributed by atoms with Crippen molar-refractivity contribution in [3.63, 3.8) is 0 Å². The van der Waals surface area contributed by atoms with Crippen LogP contribution >= 0.6 is 0 Å². The number of nitrogens with one attached hydrogen (secondary N) is 1. The lowest BCUT2D eigenvalue weighted by Gasteiger charge is -2.34. The molecule has 1 aromatic carbocycles. The van der Waals surface area contributed by atoms with Gasteiger partial charge in [0.05, 0.1) is 5.69 Å². The molecule has 23 heavy (non-hydrogen) atoms. The number of hydrogen-bond donors (Lipinski definition) is 1. The molecule has 2 unspecified atom stereocenters. The van der Waals surface area contributed by atoms with Gasteiger partial charge in [-0.25, -0.2) is 4.39 Å². The van der Waals surface area contributed by atoms with Crippen molar-refractivity contribution in [1.82, 2.24) is 10.2 Å². The van der Waals surface area contributed by atoms with Crippen molar-refractivity contribution in [1.29, 1.82) is 0 Å². The van der Waals surface area contributed by atoms with Crippen molar-refractivity contribution >= 4 is 5.69 Å². The maximum Gasteiger partial charge on any atom is 0.146 e. The predicted octanol–water partition coefficient (Wildman–Crippen LogP) is 3.25. The highest BCUT2D eigenvalue weighted by Gasteiger charge is 2.21. The van der Waals surface area contributed by atoms with Gasteiger partial charge in [-0.05, 0) is 43.5 Å². The molecular weight excluding hydrogens is 289 g/mol. The van der Waals surface area contributed by atoms with Crippen molar-refractivity contribution in [2.45, 2.75) is 45.2 Å². The number of piperazine rings is 1. The molecule has 2 aliphatic rings. The van der Waals surface area contributed by atoms with E-state index in [1.54, 1.807) is 6.07 Å². The van der Waals surface area contributed by atoms with E-state index in [2.05, 4.69) is 29.1 Å². The summed E-state index contributed by atoms with van der Waals surface area (Å²) in [6.45, 7) is 7.00. The first kappa shape index (κ1) is 16.7. The fourth-order valence-electron chi connectivity index (χ4n) is 3.83. The minimum absolute atomic E-state index is 0.0932. The predicted molar refractivity (Wildman–Crippen MR) is 94.4 cm³/mol. The summed E-state index contributed by atoms with van der Waals surface area (Å²) in [6, 6.07) is 6.21. The van der Waals surface area contributed by atoms with Gasteiger partial charge in [-0.1, -0.05) is 25.8 Å². The van der Waals surface area contributed by atoms with Crippen molar-refractivity contribution < 1.29 is 4.39 Å². The third kappa shape index (κ3) is 4.24. The number of nitrogens with zero attached hydrogens (tertiary/aromatic N) is 2. The lowest BCUT2D eigenvalue weighted by atomic mass is 9.86. The van der Waals surface area contributed by atoms with Crippen molar-refractivity contribution in [3.05, 3.63) is 29.6 Å². The largest absolute Gasteiger partial charge is 0.367 e. The van der Waals surface area contributed by atoms with E-state index in [9.17, 15) is 4.39 Å². The first-order chi connectivity index (χ1) is 11.1. The lowest BCUT2D eigenvalue weighted by Crippen LogP contribution is -2.44. The molecule has 1 saturated carbocycles. The third-order valence-electron chi connectivity index (χ3n) is 5.53. The van der Waals surface area contributed by atoms with Gasteiger partial charge in [0, 0.05) is 38.8 Å². The first-order valence-electron chi connectivity index (χ1n) is 9.09. The molecule has 1 saturated heterocycles. The van der Waals surface area contributed by atoms with Crippen LogP contribution in [0.4, 0.5) is 10.1 Å². The Kier molecular flexibility index (Phi) is 5.54. The molecule has 0 aromatic heterocycles. The molecule has 1 aliphatic carbocycles. The maximum absolute atomic E-state index is 14.2. The summed E-state index contributed by atoms with van der Waals surface area (Å²) in [6.07, 6.45) is 5.29. The molecule has 1 heterocycles. The minimum atomic E-state index is -0.0932. The van der Waals surface area contributed by atoms with E-state index in [1.165, 1.54) is 31.2 Å². The summed E-state index contributed by atoms with van der Waals surface area (Å²) in [5.41, 5.74) is 1.96. The fourth-order valence-corrected chi connectivity index (χ4v) is 3.83. The van der Waals surface area contributed by atoms with Crippen LogP contribution in [-0.2, 0) is 6.54 Å². The molecule has 0 bridgehead atoms. The zero-order chi connectivity index (χ0) is 16.2. The number of benzene rings is 1. The van der Waals surface area contributed by atoms with E-state index in [1.807, 2.05) is 12.1 Å². The van der Waals surface area contributed by atoms with Crippen LogP contribution in [0.2, 0.25) is 0 Å². The van der Waals surface area contributed by atoms with Gasteiger partial charge in [0.2, 0.25) is 0 Å². The molecule has 128 valence electrons. The van der Waals surface area contributed by atoms with Crippen LogP contribution in [0.3, 0.4) is 0 Å². The molecular formula is C19H30FN3. The molecule has 1 aliphatic heterocycles. The summed E-state index contributed by atoms with van der Waals surface area (Å²) in [5, 5.41) is 3.70. The average Bonchev–Trinajstić information content (AvgIpc) is 2.56. The minimum Gasteiger partial charge on any atom is -0.367 e. The average molecular weight is 319 g/mol. The van der Waals surface area contributed by atoms with Crippen LogP contribution in [0.5, 0.6) is 0 Å². The fraction of sp³-hybridized carbons (Fsp3) is 0.684. The molecule has 3 nitrogen and oxygen atoms in total. The zero-order valence-electron chi connectivity index (χ0n) is 14.5. The van der Waals surface area contributed by atoms with Crippen LogP contribution in [0.1, 0.15) is 38.2 Å². The van der Waals surface area contributed by atoms with Gasteiger partial charge in [0.25, 0.3) is 0 Å². The Balaban J connectivity index is 1.63.